The van der Waals surface area contributed by atoms with Crippen LogP contribution in [0.15, 0.2) is 51.7 Å². The number of nitrogens with two attached hydrogens (primary N) is 1. The minimum absolute atomic E-state index is 0.0192. The van der Waals surface area contributed by atoms with Crippen molar-refractivity contribution in [1.82, 2.24) is 4.98 Å². The number of aromatic nitrogens is 1. The second kappa shape index (κ2) is 5.26. The molecule has 3 aromatic rings. The van der Waals surface area contributed by atoms with Crippen LogP contribution in [0.2, 0.25) is 0 Å². The second-order valence-corrected chi connectivity index (χ2v) is 6.71. The van der Waals surface area contributed by atoms with E-state index in [0.717, 1.165) is 19.5 Å². The number of hydrogen-bond donors (Lipinski definition) is 1. The quantitative estimate of drug-likeness (QED) is 0.581. The Balaban J connectivity index is 1.94. The Kier molecular flexibility index (Phi) is 3.46. The summed E-state index contributed by atoms with van der Waals surface area (Å²) in [4.78, 5) is 17.1. The van der Waals surface area contributed by atoms with Gasteiger partial charge in [0.15, 0.2) is 10.1 Å². The van der Waals surface area contributed by atoms with E-state index < -0.39 is 0 Å². The number of para-hydroxylation sites is 1. The molecular formula is C15H12N2OS2. The van der Waals surface area contributed by atoms with Crippen LogP contribution in [0.5, 0.6) is 0 Å². The molecule has 0 fully saturated rings. The molecule has 1 heterocycles. The van der Waals surface area contributed by atoms with Crippen LogP contribution in [-0.2, 0) is 0 Å². The third kappa shape index (κ3) is 2.55. The van der Waals surface area contributed by atoms with Crippen LogP contribution in [0.4, 0.5) is 5.69 Å². The summed E-state index contributed by atoms with van der Waals surface area (Å²) >= 11 is 3.20. The first-order chi connectivity index (χ1) is 9.63. The number of nitrogens with zero attached hydrogens (tertiary/aromatic N) is 1. The first kappa shape index (κ1) is 13.1. The third-order valence-corrected chi connectivity index (χ3v) is 4.97. The maximum Gasteiger partial charge on any atom is 0.161 e. The average molecular weight is 300 g/mol. The zero-order valence-electron chi connectivity index (χ0n) is 10.8. The molecule has 0 saturated carbocycles. The van der Waals surface area contributed by atoms with E-state index in [9.17, 15) is 4.79 Å². The maximum absolute atomic E-state index is 11.5. The fourth-order valence-electron chi connectivity index (χ4n) is 1.90. The summed E-state index contributed by atoms with van der Waals surface area (Å²) < 4.78 is 2.13. The minimum atomic E-state index is -0.0192. The summed E-state index contributed by atoms with van der Waals surface area (Å²) in [5.41, 5.74) is 7.89. The highest BCUT2D eigenvalue weighted by atomic mass is 32.2. The Bertz CT molecular complexity index is 762. The van der Waals surface area contributed by atoms with Gasteiger partial charge in [0, 0.05) is 16.1 Å². The number of anilines is 1. The molecule has 5 heteroatoms. The van der Waals surface area contributed by atoms with Crippen LogP contribution < -0.4 is 5.73 Å². The summed E-state index contributed by atoms with van der Waals surface area (Å²) in [7, 11) is 0. The number of Topliss-reactive ketones (excluding diaryl/α,β-unsaturated/α-hetero) is 1. The Morgan fingerprint density at radius 2 is 2.05 bits per heavy atom. The molecule has 0 unspecified atom stereocenters. The number of thiazole rings is 1. The lowest BCUT2D eigenvalue weighted by atomic mass is 10.1. The Morgan fingerprint density at radius 1 is 1.25 bits per heavy atom. The topological polar surface area (TPSA) is 56.0 Å². The first-order valence-corrected chi connectivity index (χ1v) is 7.70. The maximum atomic E-state index is 11.5. The van der Waals surface area contributed by atoms with Crippen molar-refractivity contribution in [1.29, 1.82) is 0 Å². The highest BCUT2D eigenvalue weighted by Gasteiger charge is 2.09. The van der Waals surface area contributed by atoms with E-state index in [0.29, 0.717) is 11.3 Å². The first-order valence-electron chi connectivity index (χ1n) is 6.07. The van der Waals surface area contributed by atoms with E-state index in [-0.39, 0.29) is 5.78 Å². The molecule has 0 atom stereocenters. The Morgan fingerprint density at radius 3 is 2.80 bits per heavy atom. The number of rotatable bonds is 3. The number of nitrogen functional groups attached to an aromatic ring is 1. The fraction of sp³-hybridized carbons (Fsp3) is 0.0667. The Hall–Kier alpha value is -1.85. The van der Waals surface area contributed by atoms with Gasteiger partial charge in [-0.15, -0.1) is 11.3 Å². The lowest BCUT2D eigenvalue weighted by Crippen LogP contribution is -1.99. The third-order valence-electron chi connectivity index (χ3n) is 2.88. The van der Waals surface area contributed by atoms with Crippen molar-refractivity contribution in [2.75, 3.05) is 5.73 Å². The van der Waals surface area contributed by atoms with Gasteiger partial charge in [0.1, 0.15) is 0 Å². The molecule has 20 heavy (non-hydrogen) atoms. The lowest BCUT2D eigenvalue weighted by Gasteiger charge is -2.04. The second-order valence-electron chi connectivity index (χ2n) is 4.35. The molecule has 1 aromatic heterocycles. The molecule has 3 nitrogen and oxygen atoms in total. The normalized spacial score (nSPS) is 10.8. The fourth-order valence-corrected chi connectivity index (χ4v) is 3.98. The molecule has 0 aliphatic carbocycles. The molecule has 0 aliphatic heterocycles. The summed E-state index contributed by atoms with van der Waals surface area (Å²) in [6.45, 7) is 1.53. The summed E-state index contributed by atoms with van der Waals surface area (Å²) in [6.07, 6.45) is 0. The van der Waals surface area contributed by atoms with E-state index in [4.69, 9.17) is 5.73 Å². The number of benzene rings is 2. The van der Waals surface area contributed by atoms with E-state index in [1.165, 1.54) is 6.92 Å². The summed E-state index contributed by atoms with van der Waals surface area (Å²) in [5.74, 6) is -0.0192. The highest BCUT2D eigenvalue weighted by Crippen LogP contribution is 2.35. The van der Waals surface area contributed by atoms with Crippen molar-refractivity contribution in [3.63, 3.8) is 0 Å². The van der Waals surface area contributed by atoms with Crippen molar-refractivity contribution in [2.24, 2.45) is 0 Å². The standard InChI is InChI=1S/C15H12N2OS2/c1-9(18)11-8-10(6-7-12(11)16)19-15-17-13-4-2-3-5-14(13)20-15/h2-8H,16H2,1H3. The van der Waals surface area contributed by atoms with Gasteiger partial charge in [-0.2, -0.15) is 0 Å². The highest BCUT2D eigenvalue weighted by molar-refractivity contribution is 8.01. The molecule has 0 radical (unpaired) electrons. The van der Waals surface area contributed by atoms with Gasteiger partial charge in [0.25, 0.3) is 0 Å². The van der Waals surface area contributed by atoms with Crippen LogP contribution in [0, 0.1) is 0 Å². The van der Waals surface area contributed by atoms with Crippen molar-refractivity contribution in [3.05, 3.63) is 48.0 Å². The van der Waals surface area contributed by atoms with E-state index >= 15 is 0 Å². The van der Waals surface area contributed by atoms with Crippen LogP contribution in [0.1, 0.15) is 17.3 Å². The van der Waals surface area contributed by atoms with Gasteiger partial charge < -0.3 is 5.73 Å². The molecule has 0 saturated heterocycles. The van der Waals surface area contributed by atoms with Gasteiger partial charge in [-0.3, -0.25) is 4.79 Å². The molecule has 0 amide bonds. The van der Waals surface area contributed by atoms with Crippen molar-refractivity contribution >= 4 is 44.8 Å². The molecule has 0 spiro atoms. The van der Waals surface area contributed by atoms with Gasteiger partial charge >= 0.3 is 0 Å². The Labute approximate surface area is 124 Å². The van der Waals surface area contributed by atoms with Crippen LogP contribution in [0.3, 0.4) is 0 Å². The summed E-state index contributed by atoms with van der Waals surface area (Å²) in [5, 5.41) is 0. The summed E-state index contributed by atoms with van der Waals surface area (Å²) in [6, 6.07) is 13.6. The molecular weight excluding hydrogens is 288 g/mol. The zero-order chi connectivity index (χ0) is 14.1. The van der Waals surface area contributed by atoms with Gasteiger partial charge in [0.05, 0.1) is 10.2 Å². The molecule has 3 rings (SSSR count). The van der Waals surface area contributed by atoms with Crippen LogP contribution in [0.25, 0.3) is 10.2 Å². The minimum Gasteiger partial charge on any atom is -0.398 e. The predicted octanol–water partition coefficient (Wildman–Crippen LogP) is 4.23. The van der Waals surface area contributed by atoms with Crippen molar-refractivity contribution < 1.29 is 4.79 Å². The number of carbonyl (C=O) groups excluding carboxylic acids is 1. The zero-order valence-corrected chi connectivity index (χ0v) is 12.4. The van der Waals surface area contributed by atoms with Gasteiger partial charge in [-0.1, -0.05) is 23.9 Å². The number of fused-ring (bicyclic) bond motifs is 1. The largest absolute Gasteiger partial charge is 0.398 e. The molecule has 0 bridgehead atoms. The molecule has 2 N–H and O–H groups in total. The van der Waals surface area contributed by atoms with E-state index in [1.807, 2.05) is 30.3 Å². The number of hydrogen-bond acceptors (Lipinski definition) is 5. The SMILES string of the molecule is CC(=O)c1cc(Sc2nc3ccccc3s2)ccc1N. The van der Waals surface area contributed by atoms with Gasteiger partial charge in [-0.25, -0.2) is 4.98 Å². The van der Waals surface area contributed by atoms with E-state index in [1.54, 1.807) is 29.2 Å². The predicted molar refractivity (Wildman–Crippen MR) is 84.6 cm³/mol. The lowest BCUT2D eigenvalue weighted by molar-refractivity contribution is 0.101. The monoisotopic (exact) mass is 300 g/mol. The van der Waals surface area contributed by atoms with Crippen molar-refractivity contribution in [2.45, 2.75) is 16.2 Å². The van der Waals surface area contributed by atoms with Crippen LogP contribution >= 0.6 is 23.1 Å². The number of ketones is 1. The van der Waals surface area contributed by atoms with Crippen molar-refractivity contribution in [3.8, 4) is 0 Å². The van der Waals surface area contributed by atoms with Crippen LogP contribution in [-0.4, -0.2) is 10.8 Å². The average Bonchev–Trinajstić information content (AvgIpc) is 2.82. The van der Waals surface area contributed by atoms with E-state index in [2.05, 4.69) is 11.1 Å². The molecule has 0 aliphatic rings. The van der Waals surface area contributed by atoms with Gasteiger partial charge in [0.2, 0.25) is 0 Å². The van der Waals surface area contributed by atoms with Gasteiger partial charge in [-0.05, 0) is 37.3 Å². The molecule has 2 aromatic carbocycles. The smallest absolute Gasteiger partial charge is 0.161 e. The number of carbonyl (C=O) groups is 1. The molecule has 100 valence electrons.